The summed E-state index contributed by atoms with van der Waals surface area (Å²) in [6, 6.07) is 25.8. The number of carbonyl (C=O) groups excluding carboxylic acids is 1. The van der Waals surface area contributed by atoms with E-state index in [-0.39, 0.29) is 19.1 Å². The zero-order chi connectivity index (χ0) is 25.2. The van der Waals surface area contributed by atoms with Gasteiger partial charge in [0.2, 0.25) is 0 Å². The van der Waals surface area contributed by atoms with Crippen LogP contribution in [0.25, 0.3) is 16.8 Å². The van der Waals surface area contributed by atoms with Crippen molar-refractivity contribution < 1.29 is 19.7 Å². The number of aliphatic hydroxyl groups excluding tert-OH is 2. The molecule has 2 unspecified atom stereocenters. The van der Waals surface area contributed by atoms with Gasteiger partial charge in [-0.05, 0) is 48.2 Å². The second-order valence-corrected chi connectivity index (χ2v) is 9.05. The summed E-state index contributed by atoms with van der Waals surface area (Å²) in [7, 11) is 0. The van der Waals surface area contributed by atoms with Crippen molar-refractivity contribution in [3.05, 3.63) is 107 Å². The number of aryl methyl sites for hydroxylation is 1. The molecule has 7 heteroatoms. The van der Waals surface area contributed by atoms with Crippen molar-refractivity contribution in [2.24, 2.45) is 0 Å². The Morgan fingerprint density at radius 2 is 1.53 bits per heavy atom. The molecule has 2 atom stereocenters. The first-order valence-electron chi connectivity index (χ1n) is 12.0. The first-order valence-corrected chi connectivity index (χ1v) is 12.0. The summed E-state index contributed by atoms with van der Waals surface area (Å²) in [5, 5.41) is 28.6. The van der Waals surface area contributed by atoms with Gasteiger partial charge in [0.15, 0.2) is 0 Å². The van der Waals surface area contributed by atoms with E-state index >= 15 is 0 Å². The molecular formula is C29H29N3O4. The summed E-state index contributed by atoms with van der Waals surface area (Å²) in [6.45, 7) is 3.65. The molecule has 4 aromatic rings. The van der Waals surface area contributed by atoms with Crippen molar-refractivity contribution in [1.82, 2.24) is 15.1 Å². The van der Waals surface area contributed by atoms with E-state index in [9.17, 15) is 15.0 Å². The second kappa shape index (κ2) is 9.97. The van der Waals surface area contributed by atoms with E-state index in [1.807, 2.05) is 61.5 Å². The van der Waals surface area contributed by atoms with Gasteiger partial charge >= 0.3 is 6.09 Å². The van der Waals surface area contributed by atoms with Crippen LogP contribution in [0.2, 0.25) is 0 Å². The van der Waals surface area contributed by atoms with E-state index in [2.05, 4.69) is 34.7 Å². The number of amides is 1. The zero-order valence-electron chi connectivity index (χ0n) is 20.3. The molecule has 5 rings (SSSR count). The minimum Gasteiger partial charge on any atom is -0.449 e. The van der Waals surface area contributed by atoms with Crippen molar-refractivity contribution in [3.8, 4) is 16.8 Å². The quantitative estimate of drug-likeness (QED) is 0.362. The van der Waals surface area contributed by atoms with Crippen molar-refractivity contribution in [2.45, 2.75) is 32.0 Å². The van der Waals surface area contributed by atoms with E-state index in [1.54, 1.807) is 11.6 Å². The summed E-state index contributed by atoms with van der Waals surface area (Å²) < 4.78 is 7.26. The summed E-state index contributed by atoms with van der Waals surface area (Å²) >= 11 is 0. The fourth-order valence-corrected chi connectivity index (χ4v) is 5.04. The summed E-state index contributed by atoms with van der Waals surface area (Å²) in [5.41, 5.74) is 7.32. The second-order valence-electron chi connectivity index (χ2n) is 9.05. The van der Waals surface area contributed by atoms with Gasteiger partial charge in [-0.1, -0.05) is 66.7 Å². The number of fused-ring (bicyclic) bond motifs is 3. The van der Waals surface area contributed by atoms with Crippen LogP contribution in [0.4, 0.5) is 4.79 Å². The summed E-state index contributed by atoms with van der Waals surface area (Å²) in [4.78, 5) is 12.5. The number of para-hydroxylation sites is 1. The lowest BCUT2D eigenvalue weighted by molar-refractivity contribution is 0.0178. The number of alkyl carbamates (subject to hydrolysis) is 1. The smallest absolute Gasteiger partial charge is 0.407 e. The third-order valence-electron chi connectivity index (χ3n) is 6.81. The molecule has 0 radical (unpaired) electrons. The normalized spacial score (nSPS) is 14.1. The van der Waals surface area contributed by atoms with Crippen LogP contribution in [0.1, 0.15) is 40.1 Å². The Morgan fingerprint density at radius 1 is 0.944 bits per heavy atom. The highest BCUT2D eigenvalue weighted by atomic mass is 16.5. The number of rotatable bonds is 7. The number of carbonyl (C=O) groups is 1. The maximum atomic E-state index is 12.5. The maximum absolute atomic E-state index is 12.5. The molecule has 0 fully saturated rings. The van der Waals surface area contributed by atoms with E-state index in [0.717, 1.165) is 33.6 Å². The van der Waals surface area contributed by atoms with Gasteiger partial charge in [0.05, 0.1) is 11.4 Å². The molecule has 1 amide bonds. The van der Waals surface area contributed by atoms with Gasteiger partial charge in [0.1, 0.15) is 18.8 Å². The van der Waals surface area contributed by atoms with Gasteiger partial charge in [-0.25, -0.2) is 9.48 Å². The molecule has 0 bridgehead atoms. The highest BCUT2D eigenvalue weighted by Gasteiger charge is 2.30. The van der Waals surface area contributed by atoms with Crippen molar-refractivity contribution in [3.63, 3.8) is 0 Å². The van der Waals surface area contributed by atoms with Gasteiger partial charge in [-0.3, -0.25) is 0 Å². The molecule has 7 nitrogen and oxygen atoms in total. The van der Waals surface area contributed by atoms with Crippen molar-refractivity contribution in [2.75, 3.05) is 13.2 Å². The van der Waals surface area contributed by atoms with E-state index in [4.69, 9.17) is 4.74 Å². The molecule has 1 aromatic heterocycles. The van der Waals surface area contributed by atoms with Crippen LogP contribution in [0.3, 0.4) is 0 Å². The van der Waals surface area contributed by atoms with Crippen LogP contribution in [0.5, 0.6) is 0 Å². The fourth-order valence-electron chi connectivity index (χ4n) is 5.04. The molecule has 3 aromatic carbocycles. The van der Waals surface area contributed by atoms with Crippen LogP contribution in [0, 0.1) is 13.8 Å². The average molecular weight is 484 g/mol. The van der Waals surface area contributed by atoms with E-state index < -0.39 is 18.3 Å². The molecule has 36 heavy (non-hydrogen) atoms. The summed E-state index contributed by atoms with van der Waals surface area (Å²) in [6.07, 6.45) is -3.08. The van der Waals surface area contributed by atoms with Crippen LogP contribution in [0.15, 0.2) is 78.9 Å². The molecular weight excluding hydrogens is 454 g/mol. The number of hydrogen-bond donors (Lipinski definition) is 3. The monoisotopic (exact) mass is 483 g/mol. The van der Waals surface area contributed by atoms with Gasteiger partial charge in [-0.2, -0.15) is 5.10 Å². The SMILES string of the molecule is Cc1nn(-c2ccccc2)c(C)c1C(O)C(O)CNC(=O)OCC1c2ccccc2-c2ccccc21. The topological polar surface area (TPSA) is 96.6 Å². The zero-order valence-corrected chi connectivity index (χ0v) is 20.3. The molecule has 0 saturated heterocycles. The Labute approximate surface area is 210 Å². The molecule has 3 N–H and O–H groups in total. The average Bonchev–Trinajstić information content (AvgIpc) is 3.39. The van der Waals surface area contributed by atoms with Crippen molar-refractivity contribution in [1.29, 1.82) is 0 Å². The first kappa shape index (κ1) is 23.8. The number of aliphatic hydroxyl groups is 2. The highest BCUT2D eigenvalue weighted by molar-refractivity contribution is 5.79. The Hall–Kier alpha value is -3.94. The minimum absolute atomic E-state index is 0.0483. The maximum Gasteiger partial charge on any atom is 0.407 e. The van der Waals surface area contributed by atoms with Crippen LogP contribution in [-0.2, 0) is 4.74 Å². The lowest BCUT2D eigenvalue weighted by atomic mass is 9.98. The molecule has 0 saturated carbocycles. The molecule has 0 spiro atoms. The van der Waals surface area contributed by atoms with Gasteiger partial charge in [-0.15, -0.1) is 0 Å². The molecule has 184 valence electrons. The van der Waals surface area contributed by atoms with Crippen molar-refractivity contribution >= 4 is 6.09 Å². The standard InChI is InChI=1S/C29H29N3O4/c1-18-27(19(2)32(31-18)20-10-4-3-5-11-20)28(34)26(33)16-30-29(35)36-17-25-23-14-8-6-12-21(23)22-13-7-9-15-24(22)25/h3-15,25-26,28,33-34H,16-17H2,1-2H3,(H,30,35). The predicted octanol–water partition coefficient (Wildman–Crippen LogP) is 4.42. The first-order chi connectivity index (χ1) is 17.5. The van der Waals surface area contributed by atoms with E-state index in [0.29, 0.717) is 11.3 Å². The van der Waals surface area contributed by atoms with Crippen LogP contribution < -0.4 is 5.32 Å². The highest BCUT2D eigenvalue weighted by Crippen LogP contribution is 2.44. The van der Waals surface area contributed by atoms with Gasteiger partial charge in [0, 0.05) is 23.7 Å². The van der Waals surface area contributed by atoms with Crippen LogP contribution >= 0.6 is 0 Å². The number of hydrogen-bond acceptors (Lipinski definition) is 5. The molecule has 0 aliphatic heterocycles. The predicted molar refractivity (Wildman–Crippen MR) is 137 cm³/mol. The third kappa shape index (κ3) is 4.39. The van der Waals surface area contributed by atoms with E-state index in [1.165, 1.54) is 0 Å². The largest absolute Gasteiger partial charge is 0.449 e. The fraction of sp³-hybridized carbons (Fsp3) is 0.241. The third-order valence-corrected chi connectivity index (χ3v) is 6.81. The minimum atomic E-state index is -1.23. The number of nitrogens with zero attached hydrogens (tertiary/aromatic N) is 2. The molecule has 1 heterocycles. The Kier molecular flexibility index (Phi) is 6.59. The number of ether oxygens (including phenoxy) is 1. The van der Waals surface area contributed by atoms with Gasteiger partial charge < -0.3 is 20.3 Å². The molecule has 1 aliphatic rings. The lowest BCUT2D eigenvalue weighted by Gasteiger charge is -2.20. The number of nitrogens with one attached hydrogen (secondary N) is 1. The summed E-state index contributed by atoms with van der Waals surface area (Å²) in [5.74, 6) is -0.0483. The molecule has 1 aliphatic carbocycles. The lowest BCUT2D eigenvalue weighted by Crippen LogP contribution is -2.36. The van der Waals surface area contributed by atoms with Gasteiger partial charge in [0.25, 0.3) is 0 Å². The number of aromatic nitrogens is 2. The number of benzene rings is 3. The Balaban J connectivity index is 1.21. The Morgan fingerprint density at radius 3 is 2.17 bits per heavy atom. The Bertz CT molecular complexity index is 1340. The van der Waals surface area contributed by atoms with Crippen LogP contribution in [-0.4, -0.2) is 45.3 Å².